The largest absolute Gasteiger partial charge is 0.288 e. The van der Waals surface area contributed by atoms with Crippen LogP contribution in [0.15, 0.2) is 64.5 Å². The molecular formula is C18H20ClNS. The van der Waals surface area contributed by atoms with Crippen molar-refractivity contribution >= 4 is 29.6 Å². The molecule has 0 fully saturated rings. The van der Waals surface area contributed by atoms with Crippen LogP contribution in [-0.4, -0.2) is 18.0 Å². The topological polar surface area (TPSA) is 12.4 Å². The number of halogens is 1. The first kappa shape index (κ1) is 16.1. The third kappa shape index (κ3) is 5.56. The molecule has 21 heavy (non-hydrogen) atoms. The van der Waals surface area contributed by atoms with Crippen molar-refractivity contribution in [2.75, 3.05) is 5.75 Å². The first-order valence-electron chi connectivity index (χ1n) is 7.12. The minimum Gasteiger partial charge on any atom is -0.288 e. The van der Waals surface area contributed by atoms with Gasteiger partial charge in [0.15, 0.2) is 0 Å². The molecule has 0 saturated carbocycles. The van der Waals surface area contributed by atoms with E-state index in [4.69, 9.17) is 16.6 Å². The Morgan fingerprint density at radius 1 is 1.05 bits per heavy atom. The van der Waals surface area contributed by atoms with E-state index in [0.717, 1.165) is 16.3 Å². The summed E-state index contributed by atoms with van der Waals surface area (Å²) in [6, 6.07) is 18.6. The van der Waals surface area contributed by atoms with E-state index in [0.29, 0.717) is 12.0 Å². The van der Waals surface area contributed by atoms with Crippen molar-refractivity contribution in [2.45, 2.75) is 24.8 Å². The van der Waals surface area contributed by atoms with Crippen molar-refractivity contribution in [2.24, 2.45) is 10.9 Å². The number of rotatable bonds is 6. The zero-order valence-corrected chi connectivity index (χ0v) is 13.9. The summed E-state index contributed by atoms with van der Waals surface area (Å²) in [4.78, 5) is 6.05. The Bertz CT molecular complexity index is 564. The van der Waals surface area contributed by atoms with Gasteiger partial charge in [-0.1, -0.05) is 55.8 Å². The van der Waals surface area contributed by atoms with Gasteiger partial charge in [0.25, 0.3) is 0 Å². The zero-order chi connectivity index (χ0) is 15.1. The maximum Gasteiger partial charge on any atom is 0.0616 e. The van der Waals surface area contributed by atoms with Crippen LogP contribution in [0.3, 0.4) is 0 Å². The molecule has 0 saturated heterocycles. The van der Waals surface area contributed by atoms with Crippen LogP contribution in [0.2, 0.25) is 5.02 Å². The molecule has 0 spiro atoms. The van der Waals surface area contributed by atoms with Gasteiger partial charge in [-0.2, -0.15) is 0 Å². The molecule has 0 unspecified atom stereocenters. The van der Waals surface area contributed by atoms with Crippen molar-refractivity contribution in [3.05, 3.63) is 65.2 Å². The third-order valence-electron chi connectivity index (χ3n) is 3.22. The number of thioether (sulfide) groups is 1. The molecule has 0 aromatic heterocycles. The second-order valence-electron chi connectivity index (χ2n) is 5.27. The van der Waals surface area contributed by atoms with E-state index in [1.165, 1.54) is 4.90 Å². The van der Waals surface area contributed by atoms with Crippen molar-refractivity contribution in [1.82, 2.24) is 0 Å². The van der Waals surface area contributed by atoms with E-state index in [-0.39, 0.29) is 0 Å². The van der Waals surface area contributed by atoms with Crippen molar-refractivity contribution in [3.63, 3.8) is 0 Å². The van der Waals surface area contributed by atoms with Crippen LogP contribution in [-0.2, 0) is 0 Å². The average molecular weight is 318 g/mol. The summed E-state index contributed by atoms with van der Waals surface area (Å²) in [5, 5.41) is 0.757. The van der Waals surface area contributed by atoms with Crippen molar-refractivity contribution < 1.29 is 0 Å². The monoisotopic (exact) mass is 317 g/mol. The minimum atomic E-state index is 0.311. The highest BCUT2D eigenvalue weighted by Crippen LogP contribution is 2.22. The van der Waals surface area contributed by atoms with Crippen LogP contribution in [0.25, 0.3) is 0 Å². The summed E-state index contributed by atoms with van der Waals surface area (Å²) in [7, 11) is 0. The quantitative estimate of drug-likeness (QED) is 0.500. The van der Waals surface area contributed by atoms with E-state index in [1.54, 1.807) is 0 Å². The molecule has 2 rings (SSSR count). The summed E-state index contributed by atoms with van der Waals surface area (Å²) < 4.78 is 0. The molecule has 0 aliphatic heterocycles. The molecule has 1 atom stereocenters. The van der Waals surface area contributed by atoms with Crippen molar-refractivity contribution in [3.8, 4) is 0 Å². The van der Waals surface area contributed by atoms with E-state index in [1.807, 2.05) is 48.3 Å². The molecule has 0 N–H and O–H groups in total. The van der Waals surface area contributed by atoms with Gasteiger partial charge >= 0.3 is 0 Å². The lowest BCUT2D eigenvalue weighted by Crippen LogP contribution is -2.16. The molecular weight excluding hydrogens is 298 g/mol. The van der Waals surface area contributed by atoms with Gasteiger partial charge in [0.05, 0.1) is 6.04 Å². The Morgan fingerprint density at radius 3 is 2.33 bits per heavy atom. The normalized spacial score (nSPS) is 13.0. The maximum absolute atomic E-state index is 5.89. The molecule has 2 aromatic rings. The highest BCUT2D eigenvalue weighted by atomic mass is 35.5. The second kappa shape index (κ2) is 8.26. The predicted molar refractivity (Wildman–Crippen MR) is 94.8 cm³/mol. The summed E-state index contributed by atoms with van der Waals surface area (Å²) in [6.45, 7) is 4.44. The van der Waals surface area contributed by atoms with Crippen LogP contribution in [0, 0.1) is 5.92 Å². The highest BCUT2D eigenvalue weighted by Gasteiger charge is 2.11. The average Bonchev–Trinajstić information content (AvgIpc) is 2.49. The molecule has 110 valence electrons. The SMILES string of the molecule is CC(C)[C@@H](CSc1ccccc1)N=Cc1ccc(Cl)cc1. The third-order valence-corrected chi connectivity index (χ3v) is 4.58. The maximum atomic E-state index is 5.89. The number of benzene rings is 2. The number of hydrogen-bond donors (Lipinski definition) is 0. The van der Waals surface area contributed by atoms with Gasteiger partial charge in [-0.05, 0) is 35.7 Å². The Balaban J connectivity index is 1.97. The molecule has 0 bridgehead atoms. The fourth-order valence-electron chi connectivity index (χ4n) is 1.84. The Morgan fingerprint density at radius 2 is 1.71 bits per heavy atom. The van der Waals surface area contributed by atoms with Crippen LogP contribution >= 0.6 is 23.4 Å². The van der Waals surface area contributed by atoms with Gasteiger partial charge in [-0.3, -0.25) is 4.99 Å². The van der Waals surface area contributed by atoms with Gasteiger partial charge in [0.1, 0.15) is 0 Å². The van der Waals surface area contributed by atoms with E-state index >= 15 is 0 Å². The first-order valence-corrected chi connectivity index (χ1v) is 8.48. The highest BCUT2D eigenvalue weighted by molar-refractivity contribution is 7.99. The lowest BCUT2D eigenvalue weighted by atomic mass is 10.1. The number of hydrogen-bond acceptors (Lipinski definition) is 2. The summed E-state index contributed by atoms with van der Waals surface area (Å²) in [5.74, 6) is 1.51. The van der Waals surface area contributed by atoms with Crippen LogP contribution in [0.1, 0.15) is 19.4 Å². The summed E-state index contributed by atoms with van der Waals surface area (Å²) >= 11 is 7.75. The molecule has 0 heterocycles. The Hall–Kier alpha value is -1.25. The van der Waals surface area contributed by atoms with E-state index in [2.05, 4.69) is 38.1 Å². The van der Waals surface area contributed by atoms with Gasteiger partial charge in [0, 0.05) is 21.9 Å². The van der Waals surface area contributed by atoms with E-state index < -0.39 is 0 Å². The minimum absolute atomic E-state index is 0.311. The Kier molecular flexibility index (Phi) is 6.34. The van der Waals surface area contributed by atoms with Gasteiger partial charge in [-0.25, -0.2) is 0 Å². The molecule has 3 heteroatoms. The lowest BCUT2D eigenvalue weighted by Gasteiger charge is -2.16. The zero-order valence-electron chi connectivity index (χ0n) is 12.4. The predicted octanol–water partition coefficient (Wildman–Crippen LogP) is 5.58. The molecule has 0 aliphatic rings. The molecule has 2 aromatic carbocycles. The molecule has 0 aliphatic carbocycles. The van der Waals surface area contributed by atoms with Gasteiger partial charge in [0.2, 0.25) is 0 Å². The number of nitrogens with zero attached hydrogens (tertiary/aromatic N) is 1. The van der Waals surface area contributed by atoms with Crippen LogP contribution in [0.4, 0.5) is 0 Å². The standard InChI is InChI=1S/C18H20ClNS/c1-14(2)18(13-21-17-6-4-3-5-7-17)20-12-15-8-10-16(19)11-9-15/h3-12,14,18H,13H2,1-2H3/t18-/m1/s1. The second-order valence-corrected chi connectivity index (χ2v) is 6.79. The van der Waals surface area contributed by atoms with Crippen molar-refractivity contribution in [1.29, 1.82) is 0 Å². The van der Waals surface area contributed by atoms with Gasteiger partial charge in [-0.15, -0.1) is 11.8 Å². The van der Waals surface area contributed by atoms with Gasteiger partial charge < -0.3 is 0 Å². The molecule has 0 radical (unpaired) electrons. The van der Waals surface area contributed by atoms with E-state index in [9.17, 15) is 0 Å². The fraction of sp³-hybridized carbons (Fsp3) is 0.278. The smallest absolute Gasteiger partial charge is 0.0616 e. The number of aliphatic imine (C=N–C) groups is 1. The Labute approximate surface area is 136 Å². The van der Waals surface area contributed by atoms with Crippen LogP contribution < -0.4 is 0 Å². The summed E-state index contributed by atoms with van der Waals surface area (Å²) in [5.41, 5.74) is 1.09. The lowest BCUT2D eigenvalue weighted by molar-refractivity contribution is 0.539. The molecule has 1 nitrogen and oxygen atoms in total. The van der Waals surface area contributed by atoms with Crippen LogP contribution in [0.5, 0.6) is 0 Å². The molecule has 0 amide bonds. The fourth-order valence-corrected chi connectivity index (χ4v) is 3.15. The summed E-state index contributed by atoms with van der Waals surface area (Å²) in [6.07, 6.45) is 1.95. The first-order chi connectivity index (χ1) is 10.1.